The van der Waals surface area contributed by atoms with Crippen LogP contribution in [0.3, 0.4) is 0 Å². The molecule has 0 heterocycles. The topological polar surface area (TPSA) is 12.0 Å². The molecule has 1 rings (SSSR count). The summed E-state index contributed by atoms with van der Waals surface area (Å²) in [7, 11) is 0. The summed E-state index contributed by atoms with van der Waals surface area (Å²) in [6.07, 6.45) is 0.797. The molecule has 0 saturated heterocycles. The van der Waals surface area contributed by atoms with Crippen LogP contribution in [-0.4, -0.2) is 6.54 Å². The first-order valence-corrected chi connectivity index (χ1v) is 5.12. The maximum atomic E-state index is 12.8. The van der Waals surface area contributed by atoms with Crippen LogP contribution in [-0.2, 0) is 0 Å². The predicted molar refractivity (Wildman–Crippen MR) is 60.7 cm³/mol. The van der Waals surface area contributed by atoms with E-state index in [-0.39, 0.29) is 5.82 Å². The van der Waals surface area contributed by atoms with Crippen molar-refractivity contribution < 1.29 is 4.39 Å². The lowest BCUT2D eigenvalue weighted by molar-refractivity contribution is 0.621. The van der Waals surface area contributed by atoms with E-state index in [9.17, 15) is 4.39 Å². The highest BCUT2D eigenvalue weighted by Crippen LogP contribution is 2.19. The third kappa shape index (κ3) is 3.39. The Morgan fingerprint density at radius 1 is 1.50 bits per heavy atom. The van der Waals surface area contributed by atoms with Crippen molar-refractivity contribution in [1.29, 1.82) is 0 Å². The first kappa shape index (κ1) is 11.1. The fraction of sp³-hybridized carbons (Fsp3) is 0.273. The molecule has 0 radical (unpaired) electrons. The molecule has 1 aromatic rings. The largest absolute Gasteiger partial charge is 0.384 e. The van der Waals surface area contributed by atoms with Crippen molar-refractivity contribution in [1.82, 2.24) is 0 Å². The van der Waals surface area contributed by atoms with Crippen molar-refractivity contribution in [2.45, 2.75) is 13.3 Å². The van der Waals surface area contributed by atoms with Crippen LogP contribution in [0.15, 0.2) is 22.7 Å². The molecule has 0 aromatic heterocycles. The van der Waals surface area contributed by atoms with Gasteiger partial charge in [0.1, 0.15) is 5.82 Å². The van der Waals surface area contributed by atoms with Crippen LogP contribution >= 0.6 is 15.9 Å². The second-order valence-corrected chi connectivity index (χ2v) is 3.59. The molecule has 1 N–H and O–H groups in total. The highest BCUT2D eigenvalue weighted by atomic mass is 79.9. The zero-order valence-corrected chi connectivity index (χ0v) is 9.49. The Kier molecular flexibility index (Phi) is 4.48. The van der Waals surface area contributed by atoms with Gasteiger partial charge in [0.15, 0.2) is 0 Å². The molecule has 14 heavy (non-hydrogen) atoms. The summed E-state index contributed by atoms with van der Waals surface area (Å²) >= 11 is 3.13. The van der Waals surface area contributed by atoms with Gasteiger partial charge in [-0.25, -0.2) is 4.39 Å². The Labute approximate surface area is 91.8 Å². The fourth-order valence-electron chi connectivity index (χ4n) is 1.00. The molecule has 74 valence electrons. The van der Waals surface area contributed by atoms with Crippen LogP contribution in [0.4, 0.5) is 10.1 Å². The van der Waals surface area contributed by atoms with Gasteiger partial charge in [-0.15, -0.1) is 11.8 Å². The van der Waals surface area contributed by atoms with Gasteiger partial charge in [-0.3, -0.25) is 0 Å². The first-order chi connectivity index (χ1) is 6.74. The zero-order valence-electron chi connectivity index (χ0n) is 7.90. The Morgan fingerprint density at radius 3 is 2.93 bits per heavy atom. The van der Waals surface area contributed by atoms with E-state index in [0.29, 0.717) is 4.47 Å². The lowest BCUT2D eigenvalue weighted by Gasteiger charge is -2.04. The average Bonchev–Trinajstić information content (AvgIpc) is 2.18. The Bertz CT molecular complexity index is 365. The second-order valence-electron chi connectivity index (χ2n) is 2.73. The average molecular weight is 256 g/mol. The van der Waals surface area contributed by atoms with Gasteiger partial charge in [0.25, 0.3) is 0 Å². The summed E-state index contributed by atoms with van der Waals surface area (Å²) < 4.78 is 13.3. The summed E-state index contributed by atoms with van der Waals surface area (Å²) in [6.45, 7) is 2.59. The first-order valence-electron chi connectivity index (χ1n) is 4.32. The van der Waals surface area contributed by atoms with Gasteiger partial charge in [-0.1, -0.05) is 0 Å². The van der Waals surface area contributed by atoms with Gasteiger partial charge in [0.05, 0.1) is 4.47 Å². The third-order valence-corrected chi connectivity index (χ3v) is 2.28. The van der Waals surface area contributed by atoms with E-state index in [4.69, 9.17) is 0 Å². The standard InChI is InChI=1S/C11H11BrFN/c1-2-3-4-7-14-9-5-6-11(13)10(12)8-9/h5-6,8,14H,4,7H2,1H3. The van der Waals surface area contributed by atoms with Crippen LogP contribution in [0.25, 0.3) is 0 Å². The molecule has 0 aliphatic carbocycles. The van der Waals surface area contributed by atoms with E-state index < -0.39 is 0 Å². The summed E-state index contributed by atoms with van der Waals surface area (Å²) in [5.41, 5.74) is 0.899. The van der Waals surface area contributed by atoms with Gasteiger partial charge in [0, 0.05) is 18.7 Å². The fourth-order valence-corrected chi connectivity index (χ4v) is 1.38. The van der Waals surface area contributed by atoms with Gasteiger partial charge >= 0.3 is 0 Å². The van der Waals surface area contributed by atoms with Crippen molar-refractivity contribution >= 4 is 21.6 Å². The Morgan fingerprint density at radius 2 is 2.29 bits per heavy atom. The summed E-state index contributed by atoms with van der Waals surface area (Å²) in [4.78, 5) is 0. The molecule has 0 unspecified atom stereocenters. The van der Waals surface area contributed by atoms with Crippen LogP contribution in [0.2, 0.25) is 0 Å². The lowest BCUT2D eigenvalue weighted by Crippen LogP contribution is -2.00. The summed E-state index contributed by atoms with van der Waals surface area (Å²) in [6, 6.07) is 4.85. The monoisotopic (exact) mass is 255 g/mol. The minimum absolute atomic E-state index is 0.246. The molecule has 0 aliphatic rings. The number of hydrogen-bond donors (Lipinski definition) is 1. The molecule has 0 aliphatic heterocycles. The molecule has 0 spiro atoms. The van der Waals surface area contributed by atoms with E-state index in [1.54, 1.807) is 12.1 Å². The van der Waals surface area contributed by atoms with E-state index in [0.717, 1.165) is 18.7 Å². The van der Waals surface area contributed by atoms with Gasteiger partial charge in [-0.05, 0) is 41.1 Å². The molecule has 1 nitrogen and oxygen atoms in total. The van der Waals surface area contributed by atoms with Crippen molar-refractivity contribution in [3.05, 3.63) is 28.5 Å². The van der Waals surface area contributed by atoms with E-state index >= 15 is 0 Å². The number of rotatable bonds is 3. The minimum Gasteiger partial charge on any atom is -0.384 e. The number of halogens is 2. The van der Waals surface area contributed by atoms with Crippen LogP contribution in [0.5, 0.6) is 0 Å². The number of anilines is 1. The molecule has 0 amide bonds. The number of nitrogens with one attached hydrogen (secondary N) is 1. The van der Waals surface area contributed by atoms with Crippen molar-refractivity contribution in [3.63, 3.8) is 0 Å². The minimum atomic E-state index is -0.246. The molecule has 0 atom stereocenters. The smallest absolute Gasteiger partial charge is 0.137 e. The summed E-state index contributed by atoms with van der Waals surface area (Å²) in [5.74, 6) is 5.52. The number of benzene rings is 1. The Hall–Kier alpha value is -1.01. The van der Waals surface area contributed by atoms with E-state index in [1.165, 1.54) is 6.07 Å². The molecule has 0 fully saturated rings. The maximum Gasteiger partial charge on any atom is 0.137 e. The van der Waals surface area contributed by atoms with Gasteiger partial charge < -0.3 is 5.32 Å². The molecule has 1 aromatic carbocycles. The molecular formula is C11H11BrFN. The third-order valence-electron chi connectivity index (χ3n) is 1.68. The SMILES string of the molecule is CC#CCCNc1ccc(F)c(Br)c1. The Balaban J connectivity index is 2.50. The zero-order chi connectivity index (χ0) is 10.4. The van der Waals surface area contributed by atoms with Gasteiger partial charge in [0.2, 0.25) is 0 Å². The van der Waals surface area contributed by atoms with Crippen LogP contribution in [0.1, 0.15) is 13.3 Å². The highest BCUT2D eigenvalue weighted by Gasteiger charge is 1.98. The lowest BCUT2D eigenvalue weighted by atomic mass is 10.3. The van der Waals surface area contributed by atoms with Crippen LogP contribution in [0, 0.1) is 17.7 Å². The maximum absolute atomic E-state index is 12.8. The van der Waals surface area contributed by atoms with E-state index in [2.05, 4.69) is 33.1 Å². The van der Waals surface area contributed by atoms with Crippen molar-refractivity contribution in [3.8, 4) is 11.8 Å². The van der Waals surface area contributed by atoms with Crippen LogP contribution < -0.4 is 5.32 Å². The molecule has 0 saturated carbocycles. The molecule has 0 bridgehead atoms. The van der Waals surface area contributed by atoms with E-state index in [1.807, 2.05) is 6.92 Å². The predicted octanol–water partition coefficient (Wildman–Crippen LogP) is 3.41. The quantitative estimate of drug-likeness (QED) is 0.645. The van der Waals surface area contributed by atoms with Crippen molar-refractivity contribution in [2.75, 3.05) is 11.9 Å². The normalized spacial score (nSPS) is 9.07. The van der Waals surface area contributed by atoms with Gasteiger partial charge in [-0.2, -0.15) is 0 Å². The second kappa shape index (κ2) is 5.66. The number of hydrogen-bond acceptors (Lipinski definition) is 1. The summed E-state index contributed by atoms with van der Waals surface area (Å²) in [5, 5.41) is 3.15. The highest BCUT2D eigenvalue weighted by molar-refractivity contribution is 9.10. The van der Waals surface area contributed by atoms with Crippen molar-refractivity contribution in [2.24, 2.45) is 0 Å². The molecular weight excluding hydrogens is 245 g/mol. The molecule has 3 heteroatoms.